The number of carboxylic acid groups (broad SMARTS) is 2. The molecule has 0 spiro atoms. The van der Waals surface area contributed by atoms with Crippen molar-refractivity contribution in [2.75, 3.05) is 0 Å². The largest absolute Gasteiger partial charge is 2.00 e. The van der Waals surface area contributed by atoms with Gasteiger partial charge >= 0.3 is 17.1 Å². The molecule has 0 aliphatic heterocycles. The minimum absolute atomic E-state index is 0. The Labute approximate surface area is 142 Å². The van der Waals surface area contributed by atoms with Crippen LogP contribution in [0.1, 0.15) is 11.4 Å². The van der Waals surface area contributed by atoms with Gasteiger partial charge in [0, 0.05) is 23.8 Å². The number of rotatable bonds is 6. The number of aromatic nitrogens is 4. The number of nitrogens with one attached hydrogen (secondary N) is 4. The Kier molecular flexibility index (Phi) is 9.51. The molecule has 0 bridgehead atoms. The SMILES string of the molecule is [Cu+2].[NH-]C(Cc1cnc[nH]1)C(=O)O.[NH-]C(Cc1cnc[nH]1)C(=O)O. The van der Waals surface area contributed by atoms with Crippen LogP contribution in [0.2, 0.25) is 0 Å². The van der Waals surface area contributed by atoms with Crippen molar-refractivity contribution in [3.63, 3.8) is 0 Å². The van der Waals surface area contributed by atoms with E-state index in [0.29, 0.717) is 11.4 Å². The van der Waals surface area contributed by atoms with Gasteiger partial charge in [-0.15, -0.1) is 0 Å². The Morgan fingerprint density at radius 3 is 1.52 bits per heavy atom. The molecule has 2 unspecified atom stereocenters. The minimum Gasteiger partial charge on any atom is -0.665 e. The smallest absolute Gasteiger partial charge is 0.665 e. The van der Waals surface area contributed by atoms with Crippen molar-refractivity contribution in [1.29, 1.82) is 0 Å². The first kappa shape index (κ1) is 20.8. The number of aliphatic carboxylic acids is 2. The molecule has 0 aliphatic carbocycles. The Morgan fingerprint density at radius 1 is 0.957 bits per heavy atom. The summed E-state index contributed by atoms with van der Waals surface area (Å²) in [5, 5.41) is 16.7. The molecule has 0 amide bonds. The zero-order chi connectivity index (χ0) is 16.5. The van der Waals surface area contributed by atoms with Crippen LogP contribution in [0.4, 0.5) is 0 Å². The molecule has 10 nitrogen and oxygen atoms in total. The van der Waals surface area contributed by atoms with Gasteiger partial charge in [-0.25, -0.2) is 9.97 Å². The Bertz CT molecular complexity index is 522. The molecule has 0 saturated carbocycles. The van der Waals surface area contributed by atoms with Gasteiger partial charge in [-0.2, -0.15) is 0 Å². The van der Waals surface area contributed by atoms with Crippen LogP contribution >= 0.6 is 0 Å². The van der Waals surface area contributed by atoms with Gasteiger partial charge in [0.15, 0.2) is 0 Å². The normalized spacial score (nSPS) is 12.3. The van der Waals surface area contributed by atoms with Crippen LogP contribution in [0, 0.1) is 0 Å². The molecule has 0 aromatic carbocycles. The fourth-order valence-electron chi connectivity index (χ4n) is 1.41. The number of nitrogens with zero attached hydrogens (tertiary/aromatic N) is 2. The van der Waals surface area contributed by atoms with Crippen molar-refractivity contribution in [3.05, 3.63) is 47.9 Å². The minimum atomic E-state index is -1.11. The van der Waals surface area contributed by atoms with Crippen molar-refractivity contribution in [2.45, 2.75) is 24.9 Å². The second-order valence-electron chi connectivity index (χ2n) is 4.34. The molecule has 2 atom stereocenters. The Balaban J connectivity index is 0.000000403. The second-order valence-corrected chi connectivity index (χ2v) is 4.34. The third-order valence-electron chi connectivity index (χ3n) is 2.55. The molecule has 2 rings (SSSR count). The third kappa shape index (κ3) is 8.12. The summed E-state index contributed by atoms with van der Waals surface area (Å²) in [5.74, 6) is -2.22. The van der Waals surface area contributed by atoms with E-state index in [-0.39, 0.29) is 29.9 Å². The first-order chi connectivity index (χ1) is 10.4. The third-order valence-corrected chi connectivity index (χ3v) is 2.55. The summed E-state index contributed by atoms with van der Waals surface area (Å²) in [7, 11) is 0. The van der Waals surface area contributed by atoms with Crippen LogP contribution in [0.15, 0.2) is 25.0 Å². The number of carbonyl (C=O) groups is 2. The zero-order valence-electron chi connectivity index (χ0n) is 11.8. The van der Waals surface area contributed by atoms with E-state index in [0.717, 1.165) is 0 Å². The summed E-state index contributed by atoms with van der Waals surface area (Å²) >= 11 is 0. The van der Waals surface area contributed by atoms with Crippen molar-refractivity contribution in [2.24, 2.45) is 0 Å². The molecule has 129 valence electrons. The van der Waals surface area contributed by atoms with E-state index in [1.54, 1.807) is 0 Å². The van der Waals surface area contributed by atoms with Crippen LogP contribution in [0.25, 0.3) is 11.5 Å². The molecule has 11 heteroatoms. The maximum Gasteiger partial charge on any atom is 2.00 e. The quantitative estimate of drug-likeness (QED) is 0.547. The summed E-state index contributed by atoms with van der Waals surface area (Å²) in [6.07, 6.45) is 6.31. The molecule has 6 N–H and O–H groups in total. The second kappa shape index (κ2) is 10.5. The number of hydrogen-bond acceptors (Lipinski definition) is 4. The molecular formula is C12H16CuN6O4. The van der Waals surface area contributed by atoms with Gasteiger partial charge in [-0.3, -0.25) is 9.59 Å². The Morgan fingerprint density at radius 2 is 1.30 bits per heavy atom. The number of aromatic amines is 2. The monoisotopic (exact) mass is 371 g/mol. The molecule has 0 saturated heterocycles. The molecule has 0 aliphatic rings. The average molecular weight is 372 g/mol. The summed E-state index contributed by atoms with van der Waals surface area (Å²) in [6.45, 7) is 0. The average Bonchev–Trinajstić information content (AvgIpc) is 3.12. The molecular weight excluding hydrogens is 356 g/mol. The fourth-order valence-corrected chi connectivity index (χ4v) is 1.41. The summed E-state index contributed by atoms with van der Waals surface area (Å²) < 4.78 is 0. The van der Waals surface area contributed by atoms with Gasteiger partial charge in [0.2, 0.25) is 0 Å². The van der Waals surface area contributed by atoms with Crippen LogP contribution in [-0.4, -0.2) is 54.2 Å². The van der Waals surface area contributed by atoms with E-state index in [9.17, 15) is 9.59 Å². The molecule has 23 heavy (non-hydrogen) atoms. The topological polar surface area (TPSA) is 180 Å². The number of hydrogen-bond donors (Lipinski definition) is 4. The van der Waals surface area contributed by atoms with Crippen molar-refractivity contribution in [1.82, 2.24) is 19.9 Å². The molecule has 2 heterocycles. The van der Waals surface area contributed by atoms with E-state index < -0.39 is 24.0 Å². The molecule has 2 aromatic heterocycles. The van der Waals surface area contributed by atoms with Crippen molar-refractivity contribution < 1.29 is 36.9 Å². The summed E-state index contributed by atoms with van der Waals surface area (Å²) in [4.78, 5) is 33.3. The number of imidazole rings is 2. The van der Waals surface area contributed by atoms with Gasteiger partial charge in [0.25, 0.3) is 11.9 Å². The summed E-state index contributed by atoms with van der Waals surface area (Å²) in [5.41, 5.74) is 15.5. The van der Waals surface area contributed by atoms with Gasteiger partial charge in [0.1, 0.15) is 0 Å². The Hall–Kier alpha value is -2.20. The van der Waals surface area contributed by atoms with E-state index in [2.05, 4.69) is 19.9 Å². The van der Waals surface area contributed by atoms with Crippen molar-refractivity contribution >= 4 is 11.9 Å². The van der Waals surface area contributed by atoms with Gasteiger partial charge < -0.3 is 31.6 Å². The van der Waals surface area contributed by atoms with Crippen LogP contribution < -0.4 is 0 Å². The molecule has 0 fully saturated rings. The molecule has 1 radical (unpaired) electrons. The predicted molar refractivity (Wildman–Crippen MR) is 76.1 cm³/mol. The summed E-state index contributed by atoms with van der Waals surface area (Å²) in [6, 6.07) is -2.20. The van der Waals surface area contributed by atoms with Gasteiger partial charge in [-0.05, 0) is 24.9 Å². The maximum atomic E-state index is 10.2. The van der Waals surface area contributed by atoms with E-state index >= 15 is 0 Å². The zero-order valence-corrected chi connectivity index (χ0v) is 12.7. The first-order valence-corrected chi connectivity index (χ1v) is 6.22. The first-order valence-electron chi connectivity index (χ1n) is 6.22. The maximum absolute atomic E-state index is 10.2. The molecule has 2 aromatic rings. The van der Waals surface area contributed by atoms with E-state index in [4.69, 9.17) is 21.7 Å². The van der Waals surface area contributed by atoms with E-state index in [1.165, 1.54) is 25.0 Å². The van der Waals surface area contributed by atoms with E-state index in [1.807, 2.05) is 0 Å². The predicted octanol–water partition coefficient (Wildman–Crippen LogP) is 0.913. The van der Waals surface area contributed by atoms with Crippen LogP contribution in [0.3, 0.4) is 0 Å². The van der Waals surface area contributed by atoms with Gasteiger partial charge in [-0.1, -0.05) is 0 Å². The van der Waals surface area contributed by atoms with Crippen molar-refractivity contribution in [3.8, 4) is 0 Å². The number of H-pyrrole nitrogens is 2. The van der Waals surface area contributed by atoms with Gasteiger partial charge in [0.05, 0.1) is 12.7 Å². The van der Waals surface area contributed by atoms with Crippen LogP contribution in [-0.2, 0) is 39.5 Å². The standard InChI is InChI=1S/2C6H8N3O2.Cu/c2*7-5(6(10)11)1-4-2-8-3-9-4;/h2*2-3,5,7H,1H2,(H,8,9)(H,10,11);/q2*-1;+2. The van der Waals surface area contributed by atoms with Crippen LogP contribution in [0.5, 0.6) is 0 Å². The number of carboxylic acids is 2. The fraction of sp³-hybridized carbons (Fsp3) is 0.333.